The molecule has 7 heteroatoms. The van der Waals surface area contributed by atoms with Gasteiger partial charge in [-0.15, -0.1) is 0 Å². The van der Waals surface area contributed by atoms with Gasteiger partial charge < -0.3 is 19.2 Å². The monoisotopic (exact) mass is 382 g/mol. The van der Waals surface area contributed by atoms with Crippen LogP contribution in [0.1, 0.15) is 19.3 Å². The molecule has 2 aromatic carbocycles. The summed E-state index contributed by atoms with van der Waals surface area (Å²) in [6, 6.07) is 14.4. The molecule has 1 aliphatic heterocycles. The second kappa shape index (κ2) is 8.31. The number of rotatable bonds is 7. The van der Waals surface area contributed by atoms with Crippen LogP contribution in [0.3, 0.4) is 0 Å². The number of fused-ring (bicyclic) bond motifs is 1. The first kappa shape index (κ1) is 18.3. The summed E-state index contributed by atoms with van der Waals surface area (Å²) in [5.41, 5.74) is 1.85. The number of nitrogens with one attached hydrogen (secondary N) is 1. The molecule has 0 bridgehead atoms. The van der Waals surface area contributed by atoms with Crippen molar-refractivity contribution in [3.8, 4) is 5.75 Å². The molecule has 1 amide bonds. The molecule has 0 radical (unpaired) electrons. The zero-order chi connectivity index (χ0) is 19.3. The molecule has 0 saturated carbocycles. The highest BCUT2D eigenvalue weighted by molar-refractivity contribution is 5.90. The summed E-state index contributed by atoms with van der Waals surface area (Å²) in [6.45, 7) is 1.55. The predicted octanol–water partition coefficient (Wildman–Crippen LogP) is 3.18. The van der Waals surface area contributed by atoms with Crippen LogP contribution in [0.4, 0.5) is 5.69 Å². The van der Waals surface area contributed by atoms with Crippen molar-refractivity contribution in [3.05, 3.63) is 59.1 Å². The number of nitrogens with zero attached hydrogens (tertiary/aromatic N) is 1. The van der Waals surface area contributed by atoms with Crippen molar-refractivity contribution in [2.45, 2.75) is 31.9 Å². The smallest absolute Gasteiger partial charge is 0.419 e. The van der Waals surface area contributed by atoms with Crippen molar-refractivity contribution in [1.82, 2.24) is 4.57 Å². The Morgan fingerprint density at radius 3 is 2.96 bits per heavy atom. The van der Waals surface area contributed by atoms with Gasteiger partial charge in [-0.05, 0) is 37.1 Å². The molecule has 4 rings (SSSR count). The van der Waals surface area contributed by atoms with E-state index in [1.807, 2.05) is 18.2 Å². The van der Waals surface area contributed by atoms with E-state index in [0.717, 1.165) is 19.4 Å². The molecule has 146 valence electrons. The number of benzene rings is 2. The van der Waals surface area contributed by atoms with Crippen LogP contribution in [-0.2, 0) is 16.1 Å². The maximum Gasteiger partial charge on any atom is 0.419 e. The second-order valence-electron chi connectivity index (χ2n) is 6.76. The lowest BCUT2D eigenvalue weighted by Crippen LogP contribution is -2.20. The van der Waals surface area contributed by atoms with Crippen molar-refractivity contribution in [1.29, 1.82) is 0 Å². The Bertz CT molecular complexity index is 1020. The third kappa shape index (κ3) is 4.26. The molecule has 1 atom stereocenters. The highest BCUT2D eigenvalue weighted by Gasteiger charge is 2.16. The zero-order valence-corrected chi connectivity index (χ0v) is 15.4. The summed E-state index contributed by atoms with van der Waals surface area (Å²) in [7, 11) is 0. The van der Waals surface area contributed by atoms with Crippen molar-refractivity contribution in [3.63, 3.8) is 0 Å². The Kier molecular flexibility index (Phi) is 5.43. The molecule has 7 nitrogen and oxygen atoms in total. The summed E-state index contributed by atoms with van der Waals surface area (Å²) in [5.74, 6) is 0.0392. The highest BCUT2D eigenvalue weighted by atomic mass is 16.5. The molecule has 0 spiro atoms. The lowest BCUT2D eigenvalue weighted by molar-refractivity contribution is -0.116. The molecule has 28 heavy (non-hydrogen) atoms. The Morgan fingerprint density at radius 2 is 2.11 bits per heavy atom. The minimum atomic E-state index is -0.460. The number of hydrogen-bond donors (Lipinski definition) is 1. The van der Waals surface area contributed by atoms with Crippen LogP contribution in [0.2, 0.25) is 0 Å². The first-order valence-corrected chi connectivity index (χ1v) is 9.42. The van der Waals surface area contributed by atoms with E-state index >= 15 is 0 Å². The largest absolute Gasteiger partial charge is 0.491 e. The Hall–Kier alpha value is -3.06. The summed E-state index contributed by atoms with van der Waals surface area (Å²) in [4.78, 5) is 24.3. The van der Waals surface area contributed by atoms with Crippen LogP contribution in [0.15, 0.2) is 57.7 Å². The summed E-state index contributed by atoms with van der Waals surface area (Å²) in [6.07, 6.45) is 2.38. The van der Waals surface area contributed by atoms with Crippen molar-refractivity contribution < 1.29 is 18.7 Å². The summed E-state index contributed by atoms with van der Waals surface area (Å²) >= 11 is 0. The number of amides is 1. The van der Waals surface area contributed by atoms with Gasteiger partial charge >= 0.3 is 5.76 Å². The number of carbonyl (C=O) groups excluding carboxylic acids is 1. The molecule has 1 saturated heterocycles. The molecule has 1 N–H and O–H groups in total. The third-order valence-electron chi connectivity index (χ3n) is 4.71. The van der Waals surface area contributed by atoms with Gasteiger partial charge in [0.05, 0.1) is 11.6 Å². The lowest BCUT2D eigenvalue weighted by Gasteiger charge is -2.12. The minimum absolute atomic E-state index is 0.140. The van der Waals surface area contributed by atoms with Gasteiger partial charge in [0, 0.05) is 31.3 Å². The van der Waals surface area contributed by atoms with E-state index in [-0.39, 0.29) is 25.0 Å². The number of para-hydroxylation sites is 2. The SMILES string of the molecule is O=C(CCn1c(=O)oc2ccccc21)Nc1cccc(OCC2CCCO2)c1. The maximum atomic E-state index is 12.3. The lowest BCUT2D eigenvalue weighted by atomic mass is 10.2. The molecular weight excluding hydrogens is 360 g/mol. The van der Waals surface area contributed by atoms with Gasteiger partial charge in [0.1, 0.15) is 12.4 Å². The second-order valence-corrected chi connectivity index (χ2v) is 6.76. The number of aromatic nitrogens is 1. The van der Waals surface area contributed by atoms with E-state index in [4.69, 9.17) is 13.9 Å². The molecule has 1 aliphatic rings. The van der Waals surface area contributed by atoms with Gasteiger partial charge in [0.2, 0.25) is 5.91 Å². The van der Waals surface area contributed by atoms with Gasteiger partial charge in [-0.2, -0.15) is 0 Å². The van der Waals surface area contributed by atoms with Crippen molar-refractivity contribution in [2.24, 2.45) is 0 Å². The normalized spacial score (nSPS) is 16.4. The van der Waals surface area contributed by atoms with E-state index in [9.17, 15) is 9.59 Å². The van der Waals surface area contributed by atoms with Crippen molar-refractivity contribution in [2.75, 3.05) is 18.5 Å². The van der Waals surface area contributed by atoms with E-state index in [0.29, 0.717) is 29.1 Å². The van der Waals surface area contributed by atoms with Gasteiger partial charge in [0.15, 0.2) is 5.58 Å². The zero-order valence-electron chi connectivity index (χ0n) is 15.4. The number of oxazole rings is 1. The number of carbonyl (C=O) groups is 1. The van der Waals surface area contributed by atoms with Crippen molar-refractivity contribution >= 4 is 22.7 Å². The number of anilines is 1. The fourth-order valence-electron chi connectivity index (χ4n) is 3.29. The molecule has 1 aromatic heterocycles. The average molecular weight is 382 g/mol. The van der Waals surface area contributed by atoms with Gasteiger partial charge in [0.25, 0.3) is 0 Å². The third-order valence-corrected chi connectivity index (χ3v) is 4.71. The molecular formula is C21H22N2O5. The Morgan fingerprint density at radius 1 is 1.21 bits per heavy atom. The van der Waals surface area contributed by atoms with Crippen LogP contribution < -0.4 is 15.8 Å². The molecule has 3 aromatic rings. The Balaban J connectivity index is 1.34. The van der Waals surface area contributed by atoms with Gasteiger partial charge in [-0.1, -0.05) is 18.2 Å². The van der Waals surface area contributed by atoms with Gasteiger partial charge in [-0.25, -0.2) is 4.79 Å². The highest BCUT2D eigenvalue weighted by Crippen LogP contribution is 2.20. The fourth-order valence-corrected chi connectivity index (χ4v) is 3.29. The van der Waals surface area contributed by atoms with Crippen LogP contribution in [-0.4, -0.2) is 29.8 Å². The number of ether oxygens (including phenoxy) is 2. The molecule has 1 unspecified atom stereocenters. The number of aryl methyl sites for hydroxylation is 1. The van der Waals surface area contributed by atoms with Crippen LogP contribution in [0.25, 0.3) is 11.1 Å². The number of hydrogen-bond acceptors (Lipinski definition) is 5. The van der Waals surface area contributed by atoms with E-state index in [2.05, 4.69) is 5.32 Å². The summed E-state index contributed by atoms with van der Waals surface area (Å²) in [5, 5.41) is 2.84. The van der Waals surface area contributed by atoms with Crippen LogP contribution in [0.5, 0.6) is 5.75 Å². The fraction of sp³-hybridized carbons (Fsp3) is 0.333. The minimum Gasteiger partial charge on any atom is -0.491 e. The van der Waals surface area contributed by atoms with Crippen LogP contribution in [0, 0.1) is 0 Å². The molecule has 2 heterocycles. The first-order valence-electron chi connectivity index (χ1n) is 9.42. The van der Waals surface area contributed by atoms with Crippen LogP contribution >= 0.6 is 0 Å². The topological polar surface area (TPSA) is 82.7 Å². The van der Waals surface area contributed by atoms with E-state index in [1.54, 1.807) is 30.3 Å². The maximum absolute atomic E-state index is 12.3. The van der Waals surface area contributed by atoms with E-state index < -0.39 is 5.76 Å². The van der Waals surface area contributed by atoms with E-state index in [1.165, 1.54) is 4.57 Å². The summed E-state index contributed by atoms with van der Waals surface area (Å²) < 4.78 is 18.0. The molecule has 1 fully saturated rings. The first-order chi connectivity index (χ1) is 13.7. The quantitative estimate of drug-likeness (QED) is 0.679. The molecule has 0 aliphatic carbocycles. The standard InChI is InChI=1S/C21H22N2O5/c24-20(10-11-23-18-8-1-2-9-19(18)28-21(23)25)22-15-5-3-6-16(13-15)27-14-17-7-4-12-26-17/h1-3,5-6,8-9,13,17H,4,7,10-12,14H2,(H,22,24). The average Bonchev–Trinajstić information content (AvgIpc) is 3.32. The predicted molar refractivity (Wildman–Crippen MR) is 105 cm³/mol. The Labute approximate surface area is 161 Å². The van der Waals surface area contributed by atoms with Gasteiger partial charge in [-0.3, -0.25) is 9.36 Å².